The number of rotatable bonds is 40. The van der Waals surface area contributed by atoms with Gasteiger partial charge in [0.15, 0.2) is 0 Å². The van der Waals surface area contributed by atoms with Gasteiger partial charge in [-0.2, -0.15) is 0 Å². The molecule has 0 unspecified atom stereocenters. The molecule has 5 aliphatic heterocycles. The molecule has 9 N–H and O–H groups in total. The van der Waals surface area contributed by atoms with Gasteiger partial charge in [0.1, 0.15) is 72.7 Å². The second kappa shape index (κ2) is 39.4. The van der Waals surface area contributed by atoms with E-state index < -0.39 is 98.3 Å². The Morgan fingerprint density at radius 3 is 1.42 bits per heavy atom. The van der Waals surface area contributed by atoms with E-state index in [1.165, 1.54) is 24.3 Å². The lowest BCUT2D eigenvalue weighted by Crippen LogP contribution is -2.60. The molecule has 5 amide bonds. The van der Waals surface area contributed by atoms with Gasteiger partial charge in [0.05, 0.1) is 90.7 Å². The van der Waals surface area contributed by atoms with Crippen molar-refractivity contribution in [2.45, 2.75) is 98.9 Å². The molecule has 564 valence electrons. The summed E-state index contributed by atoms with van der Waals surface area (Å²) in [5.74, 6) is -1.47. The molecule has 2 fully saturated rings. The number of amides is 5. The Labute approximate surface area is 610 Å². The largest absolute Gasteiger partial charge is 0.491 e. The molecule has 5 aromatic rings. The highest BCUT2D eigenvalue weighted by molar-refractivity contribution is 6.20. The van der Waals surface area contributed by atoms with Crippen LogP contribution in [0.15, 0.2) is 103 Å². The molecule has 10 rings (SSSR count). The van der Waals surface area contributed by atoms with Crippen LogP contribution in [0.25, 0.3) is 33.7 Å². The fraction of sp³-hybridized carbons (Fsp3) is 0.500. The third kappa shape index (κ3) is 20.1. The number of imide groups is 1. The number of benzene rings is 5. The van der Waals surface area contributed by atoms with E-state index in [4.69, 9.17) is 75.3 Å². The highest BCUT2D eigenvalue weighted by Crippen LogP contribution is 2.48. The first-order valence-corrected chi connectivity index (χ1v) is 35.8. The summed E-state index contributed by atoms with van der Waals surface area (Å²) in [7, 11) is 0. The van der Waals surface area contributed by atoms with Gasteiger partial charge in [-0.05, 0) is 64.9 Å². The van der Waals surface area contributed by atoms with E-state index in [0.717, 1.165) is 46.1 Å². The molecular formula is C74H90Cl2N4O24. The van der Waals surface area contributed by atoms with Crippen molar-refractivity contribution in [2.24, 2.45) is 0 Å². The quantitative estimate of drug-likeness (QED) is 0.0118. The van der Waals surface area contributed by atoms with Gasteiger partial charge in [-0.1, -0.05) is 60.7 Å². The van der Waals surface area contributed by atoms with Crippen LogP contribution < -0.4 is 29.3 Å². The molecule has 5 aromatic carbocycles. The van der Waals surface area contributed by atoms with Crippen molar-refractivity contribution in [3.63, 3.8) is 0 Å². The van der Waals surface area contributed by atoms with Gasteiger partial charge in [0.2, 0.25) is 18.5 Å². The molecular weight excluding hydrogens is 1400 g/mol. The second-order valence-electron chi connectivity index (χ2n) is 25.2. The van der Waals surface area contributed by atoms with E-state index in [2.05, 4.69) is 5.32 Å². The molecule has 0 aromatic heterocycles. The lowest BCUT2D eigenvalue weighted by atomic mass is 9.95. The molecule has 30 heteroatoms. The van der Waals surface area contributed by atoms with Gasteiger partial charge in [0.25, 0.3) is 23.6 Å². The van der Waals surface area contributed by atoms with E-state index in [0.29, 0.717) is 112 Å². The van der Waals surface area contributed by atoms with E-state index in [-0.39, 0.29) is 86.9 Å². The van der Waals surface area contributed by atoms with E-state index in [1.807, 2.05) is 24.3 Å². The molecule has 5 aliphatic rings. The lowest BCUT2D eigenvalue weighted by Gasteiger charge is -2.39. The van der Waals surface area contributed by atoms with Crippen LogP contribution >= 0.6 is 23.2 Å². The summed E-state index contributed by atoms with van der Waals surface area (Å²) in [6.07, 6.45) is -4.36. The summed E-state index contributed by atoms with van der Waals surface area (Å²) in [6.45, 7) is 4.05. The maximum atomic E-state index is 14.6. The third-order valence-electron chi connectivity index (χ3n) is 18.3. The van der Waals surface area contributed by atoms with Crippen LogP contribution in [0.5, 0.6) is 17.2 Å². The first-order chi connectivity index (χ1) is 50.5. The monoisotopic (exact) mass is 1490 g/mol. The maximum absolute atomic E-state index is 14.6. The van der Waals surface area contributed by atoms with Crippen LogP contribution in [0.2, 0.25) is 0 Å². The number of hydrogen-bond donors (Lipinski definition) is 9. The number of aliphatic hydroxyl groups is 8. The summed E-state index contributed by atoms with van der Waals surface area (Å²) in [5.41, 5.74) is 3.60. The second-order valence-corrected chi connectivity index (χ2v) is 25.9. The van der Waals surface area contributed by atoms with Gasteiger partial charge in [-0.3, -0.25) is 28.9 Å². The number of carbonyl (C=O) groups is 5. The van der Waals surface area contributed by atoms with Gasteiger partial charge in [-0.15, -0.1) is 23.2 Å². The number of carbonyl (C=O) groups excluding carboxylic acids is 5. The first kappa shape index (κ1) is 79.3. The molecule has 28 nitrogen and oxygen atoms in total. The van der Waals surface area contributed by atoms with Crippen molar-refractivity contribution < 1.29 is 117 Å². The number of alkyl halides is 2. The number of hydrogen-bond acceptors (Lipinski definition) is 24. The summed E-state index contributed by atoms with van der Waals surface area (Å²) in [5, 5.41) is 89.1. The average Bonchev–Trinajstić information content (AvgIpc) is 1.58. The summed E-state index contributed by atoms with van der Waals surface area (Å²) >= 11 is 13.2. The van der Waals surface area contributed by atoms with Crippen LogP contribution in [0, 0.1) is 0 Å². The Balaban J connectivity index is 0.714. The number of nitrogens with one attached hydrogen (secondary N) is 1. The Kier molecular flexibility index (Phi) is 30.0. The van der Waals surface area contributed by atoms with Crippen LogP contribution in [-0.2, 0) is 61.9 Å². The van der Waals surface area contributed by atoms with Crippen LogP contribution in [0.1, 0.15) is 59.8 Å². The Bertz CT molecular complexity index is 3790. The maximum Gasteiger partial charge on any atom is 0.253 e. The van der Waals surface area contributed by atoms with Crippen LogP contribution in [0.4, 0.5) is 11.4 Å². The number of unbranched alkanes of at least 4 members (excludes halogenated alkanes) is 2. The molecule has 104 heavy (non-hydrogen) atoms. The van der Waals surface area contributed by atoms with Gasteiger partial charge >= 0.3 is 0 Å². The predicted octanol–water partition coefficient (Wildman–Crippen LogP) is 3.20. The van der Waals surface area contributed by atoms with Gasteiger partial charge < -0.3 is 108 Å². The third-order valence-corrected chi connectivity index (χ3v) is 19.0. The number of fused-ring (bicyclic) bond motifs is 6. The van der Waals surface area contributed by atoms with E-state index in [1.54, 1.807) is 76.5 Å². The minimum Gasteiger partial charge on any atom is -0.491 e. The van der Waals surface area contributed by atoms with Crippen LogP contribution in [-0.4, -0.2) is 274 Å². The fourth-order valence-corrected chi connectivity index (χ4v) is 13.3. The van der Waals surface area contributed by atoms with Crippen molar-refractivity contribution in [1.29, 1.82) is 0 Å². The number of nitrogens with zero attached hydrogens (tertiary/aromatic N) is 3. The minimum absolute atomic E-state index is 0.0200. The summed E-state index contributed by atoms with van der Waals surface area (Å²) < 4.78 is 64.2. The Hall–Kier alpha value is -7.27. The van der Waals surface area contributed by atoms with Crippen molar-refractivity contribution in [1.82, 2.24) is 10.2 Å². The van der Waals surface area contributed by atoms with Crippen molar-refractivity contribution in [3.8, 4) is 17.2 Å². The zero-order chi connectivity index (χ0) is 73.7. The zero-order valence-corrected chi connectivity index (χ0v) is 58.8. The average molecular weight is 1490 g/mol. The van der Waals surface area contributed by atoms with E-state index in [9.17, 15) is 64.8 Å². The fourth-order valence-electron chi connectivity index (χ4n) is 12.8. The van der Waals surface area contributed by atoms with E-state index >= 15 is 0 Å². The molecule has 0 aliphatic carbocycles. The standard InChI is InChI=1S/C74H90Cl2N4O24/c75-39-47-41-79(53-37-56(49-8-2-4-10-51(49)65(47)53)101-73-71(92)69(90)67(88)58(43-81)103-73)63(86)16-13-45-12-14-46(15-17-64(87)80-42-48(40-76)66-52-11-5-3-9-50(52)57(38-54(66)80)102-74-72(93)70(91)68(89)59(44-82)104-74)55(36-45)100-35-34-99-33-32-98-30-27-95-24-7-1-6-23-94-26-29-97-31-28-96-25-21-77-60(83)20-22-78-61(84)18-19-62(78)85/h2-5,8-19,36-38,47-48,58-59,67-74,81-82,88-93H,1,6-7,20-35,39-44H2,(H,77,83)/b16-13+,17-15+/t47-,48-,58-,59-,67+,68+,69+,70+,71-,72-,73-,74-/m1/s1. The van der Waals surface area contributed by atoms with Crippen molar-refractivity contribution in [3.05, 3.63) is 125 Å². The highest BCUT2D eigenvalue weighted by Gasteiger charge is 2.47. The minimum atomic E-state index is -1.70. The van der Waals surface area contributed by atoms with Crippen molar-refractivity contribution in [2.75, 3.05) is 147 Å². The van der Waals surface area contributed by atoms with Crippen molar-refractivity contribution >= 4 is 97.8 Å². The molecule has 5 heterocycles. The van der Waals surface area contributed by atoms with Gasteiger partial charge in [0, 0.05) is 122 Å². The molecule has 2 saturated heterocycles. The smallest absolute Gasteiger partial charge is 0.253 e. The van der Waals surface area contributed by atoms with Crippen LogP contribution in [0.3, 0.4) is 0 Å². The molecule has 12 atom stereocenters. The number of anilines is 2. The number of aliphatic hydroxyl groups excluding tert-OH is 8. The first-order valence-electron chi connectivity index (χ1n) is 34.7. The highest BCUT2D eigenvalue weighted by atomic mass is 35.5. The summed E-state index contributed by atoms with van der Waals surface area (Å²) in [4.78, 5) is 68.3. The molecule has 0 bridgehead atoms. The van der Waals surface area contributed by atoms with Gasteiger partial charge in [-0.25, -0.2) is 0 Å². The molecule has 0 radical (unpaired) electrons. The Morgan fingerprint density at radius 1 is 0.510 bits per heavy atom. The normalized spacial score (nSPS) is 23.8. The predicted molar refractivity (Wildman–Crippen MR) is 381 cm³/mol. The number of ether oxygens (including phenoxy) is 11. The Morgan fingerprint density at radius 2 is 0.952 bits per heavy atom. The molecule has 0 spiro atoms. The lowest BCUT2D eigenvalue weighted by molar-refractivity contribution is -0.277. The molecule has 0 saturated carbocycles. The number of halogens is 2. The SMILES string of the molecule is O=C(CCN1C(=O)C=CC1=O)NCCOCCOCCOCCCCCOCCOCCOCCOc1cc(/C=C/C(=O)N2C[C@@H](CCl)c3c2cc(O[C@@H]2O[C@H](CO)[C@H](O)[C@H](O)[C@H]2O)c2ccccc32)ccc1/C=C/C(=O)N1C[C@@H](CCl)c2c1cc(O[C@@H]1O[C@H](CO)[C@H](O)[C@H](O)[C@H]1O)c1ccccc21. The summed E-state index contributed by atoms with van der Waals surface area (Å²) in [6, 6.07) is 23.1. The topological polar surface area (TPSA) is 370 Å². The zero-order valence-electron chi connectivity index (χ0n) is 57.3.